The smallest absolute Gasteiger partial charge is 0.271 e. The molecule has 0 aliphatic rings. The van der Waals surface area contributed by atoms with Crippen LogP contribution in [0.1, 0.15) is 29.9 Å². The maximum Gasteiger partial charge on any atom is 0.271 e. The second kappa shape index (κ2) is 5.97. The molecule has 0 saturated heterocycles. The summed E-state index contributed by atoms with van der Waals surface area (Å²) >= 11 is 1.33. The number of hydrogen-bond donors (Lipinski definition) is 1. The van der Waals surface area contributed by atoms with Gasteiger partial charge in [0.2, 0.25) is 0 Å². The molecule has 0 aliphatic carbocycles. The number of nitrogens with one attached hydrogen (secondary N) is 1. The Morgan fingerprint density at radius 3 is 2.45 bits per heavy atom. The molecule has 0 atom stereocenters. The van der Waals surface area contributed by atoms with Gasteiger partial charge in [0, 0.05) is 4.88 Å². The van der Waals surface area contributed by atoms with Crippen molar-refractivity contribution in [3.8, 4) is 0 Å². The summed E-state index contributed by atoms with van der Waals surface area (Å²) in [5.74, 6) is 0. The molecule has 0 amide bonds. The van der Waals surface area contributed by atoms with Gasteiger partial charge >= 0.3 is 0 Å². The van der Waals surface area contributed by atoms with Crippen molar-refractivity contribution in [1.29, 1.82) is 0 Å². The van der Waals surface area contributed by atoms with Crippen LogP contribution in [0.15, 0.2) is 34.5 Å². The highest BCUT2D eigenvalue weighted by atomic mass is 32.2. The van der Waals surface area contributed by atoms with Gasteiger partial charge in [-0.1, -0.05) is 32.0 Å². The van der Waals surface area contributed by atoms with Crippen LogP contribution in [-0.4, -0.2) is 8.42 Å². The molecule has 108 valence electrons. The van der Waals surface area contributed by atoms with Crippen molar-refractivity contribution < 1.29 is 8.42 Å². The van der Waals surface area contributed by atoms with Crippen molar-refractivity contribution >= 4 is 27.0 Å². The molecule has 0 radical (unpaired) electrons. The van der Waals surface area contributed by atoms with Crippen LogP contribution in [0, 0.1) is 6.92 Å². The molecule has 0 aliphatic heterocycles. The minimum absolute atomic E-state index is 0.375. The lowest BCUT2D eigenvalue weighted by molar-refractivity contribution is 0.603. The van der Waals surface area contributed by atoms with Crippen LogP contribution in [-0.2, 0) is 22.9 Å². The molecule has 0 fully saturated rings. The Labute approximate surface area is 124 Å². The van der Waals surface area contributed by atoms with Crippen LogP contribution in [0.3, 0.4) is 0 Å². The number of rotatable bonds is 5. The summed E-state index contributed by atoms with van der Waals surface area (Å²) in [6.45, 7) is 5.96. The SMILES string of the molecule is CCc1ccc(S(=O)(=O)Nc2c(C)cccc2CC)s1. The molecule has 1 aromatic carbocycles. The topological polar surface area (TPSA) is 46.2 Å². The maximum atomic E-state index is 12.5. The summed E-state index contributed by atoms with van der Waals surface area (Å²) < 4.78 is 28.0. The molecular weight excluding hydrogens is 290 g/mol. The number of aryl methyl sites for hydroxylation is 3. The fraction of sp³-hybridized carbons (Fsp3) is 0.333. The van der Waals surface area contributed by atoms with Gasteiger partial charge < -0.3 is 0 Å². The Morgan fingerprint density at radius 2 is 1.85 bits per heavy atom. The monoisotopic (exact) mass is 309 g/mol. The minimum atomic E-state index is -3.49. The van der Waals surface area contributed by atoms with Gasteiger partial charge in [-0.2, -0.15) is 0 Å². The molecule has 2 aromatic rings. The van der Waals surface area contributed by atoms with E-state index in [0.717, 1.165) is 28.8 Å². The maximum absolute atomic E-state index is 12.5. The zero-order valence-corrected chi connectivity index (χ0v) is 13.6. The summed E-state index contributed by atoms with van der Waals surface area (Å²) in [7, 11) is -3.49. The van der Waals surface area contributed by atoms with E-state index in [-0.39, 0.29) is 0 Å². The number of para-hydroxylation sites is 1. The largest absolute Gasteiger partial charge is 0.278 e. The third kappa shape index (κ3) is 3.04. The predicted octanol–water partition coefficient (Wildman–Crippen LogP) is 3.98. The van der Waals surface area contributed by atoms with E-state index in [1.807, 2.05) is 45.0 Å². The minimum Gasteiger partial charge on any atom is -0.278 e. The fourth-order valence-electron chi connectivity index (χ4n) is 2.05. The zero-order chi connectivity index (χ0) is 14.8. The second-order valence-corrected chi connectivity index (χ2v) is 7.72. The second-order valence-electron chi connectivity index (χ2n) is 4.64. The van der Waals surface area contributed by atoms with Gasteiger partial charge in [0.1, 0.15) is 4.21 Å². The van der Waals surface area contributed by atoms with Crippen LogP contribution in [0.5, 0.6) is 0 Å². The van der Waals surface area contributed by atoms with Gasteiger partial charge in [0.05, 0.1) is 5.69 Å². The highest BCUT2D eigenvalue weighted by Gasteiger charge is 2.18. The Morgan fingerprint density at radius 1 is 1.10 bits per heavy atom. The quantitative estimate of drug-likeness (QED) is 0.908. The molecule has 20 heavy (non-hydrogen) atoms. The highest BCUT2D eigenvalue weighted by Crippen LogP contribution is 2.28. The Bertz CT molecular complexity index is 702. The van der Waals surface area contributed by atoms with E-state index in [4.69, 9.17) is 0 Å². The number of sulfonamides is 1. The van der Waals surface area contributed by atoms with Crippen LogP contribution in [0.4, 0.5) is 5.69 Å². The number of benzene rings is 1. The third-order valence-electron chi connectivity index (χ3n) is 3.23. The van der Waals surface area contributed by atoms with Crippen LogP contribution in [0.25, 0.3) is 0 Å². The van der Waals surface area contributed by atoms with E-state index in [9.17, 15) is 8.42 Å². The molecule has 1 heterocycles. The molecule has 1 N–H and O–H groups in total. The van der Waals surface area contributed by atoms with Crippen molar-refractivity contribution in [1.82, 2.24) is 0 Å². The van der Waals surface area contributed by atoms with E-state index < -0.39 is 10.0 Å². The first-order chi connectivity index (χ1) is 9.47. The summed E-state index contributed by atoms with van der Waals surface area (Å²) in [4.78, 5) is 1.07. The number of hydrogen-bond acceptors (Lipinski definition) is 3. The van der Waals surface area contributed by atoms with Gasteiger partial charge in [-0.05, 0) is 43.0 Å². The normalized spacial score (nSPS) is 11.6. The van der Waals surface area contributed by atoms with E-state index in [0.29, 0.717) is 9.90 Å². The molecule has 2 rings (SSSR count). The first-order valence-electron chi connectivity index (χ1n) is 6.68. The van der Waals surface area contributed by atoms with Crippen molar-refractivity contribution in [2.45, 2.75) is 37.8 Å². The van der Waals surface area contributed by atoms with E-state index >= 15 is 0 Å². The van der Waals surface area contributed by atoms with E-state index in [1.165, 1.54) is 11.3 Å². The Hall–Kier alpha value is -1.33. The first-order valence-corrected chi connectivity index (χ1v) is 8.98. The van der Waals surface area contributed by atoms with Crippen molar-refractivity contribution in [3.05, 3.63) is 46.3 Å². The van der Waals surface area contributed by atoms with E-state index in [2.05, 4.69) is 4.72 Å². The van der Waals surface area contributed by atoms with Crippen LogP contribution >= 0.6 is 11.3 Å². The summed E-state index contributed by atoms with van der Waals surface area (Å²) in [5, 5.41) is 0. The lowest BCUT2D eigenvalue weighted by Crippen LogP contribution is -2.13. The Balaban J connectivity index is 2.38. The molecule has 0 unspecified atom stereocenters. The predicted molar refractivity (Wildman–Crippen MR) is 85.1 cm³/mol. The number of anilines is 1. The van der Waals surface area contributed by atoms with E-state index in [1.54, 1.807) is 6.07 Å². The van der Waals surface area contributed by atoms with Crippen molar-refractivity contribution in [2.75, 3.05) is 4.72 Å². The summed E-state index contributed by atoms with van der Waals surface area (Å²) in [5.41, 5.74) is 2.67. The molecular formula is C15H19NO2S2. The van der Waals surface area contributed by atoms with Gasteiger partial charge in [-0.15, -0.1) is 11.3 Å². The van der Waals surface area contributed by atoms with Crippen molar-refractivity contribution in [3.63, 3.8) is 0 Å². The molecule has 0 saturated carbocycles. The van der Waals surface area contributed by atoms with Gasteiger partial charge in [0.25, 0.3) is 10.0 Å². The molecule has 3 nitrogen and oxygen atoms in total. The van der Waals surface area contributed by atoms with Crippen molar-refractivity contribution in [2.24, 2.45) is 0 Å². The lowest BCUT2D eigenvalue weighted by atomic mass is 10.1. The van der Waals surface area contributed by atoms with Crippen LogP contribution in [0.2, 0.25) is 0 Å². The molecule has 1 aromatic heterocycles. The fourth-order valence-corrected chi connectivity index (χ4v) is 4.51. The third-order valence-corrected chi connectivity index (χ3v) is 6.30. The average molecular weight is 309 g/mol. The molecule has 0 bridgehead atoms. The van der Waals surface area contributed by atoms with Gasteiger partial charge in [0.15, 0.2) is 0 Å². The zero-order valence-electron chi connectivity index (χ0n) is 11.9. The standard InChI is InChI=1S/C15H19NO2S2/c1-4-12-8-6-7-11(3)15(12)16-20(17,18)14-10-9-13(5-2)19-14/h6-10,16H,4-5H2,1-3H3. The highest BCUT2D eigenvalue weighted by molar-refractivity contribution is 7.94. The molecule has 5 heteroatoms. The van der Waals surface area contributed by atoms with Gasteiger partial charge in [-0.25, -0.2) is 8.42 Å². The lowest BCUT2D eigenvalue weighted by Gasteiger charge is -2.13. The Kier molecular flexibility index (Phi) is 4.50. The average Bonchev–Trinajstić information content (AvgIpc) is 2.90. The molecule has 0 spiro atoms. The number of thiophene rings is 1. The van der Waals surface area contributed by atoms with Gasteiger partial charge in [-0.3, -0.25) is 4.72 Å². The first kappa shape index (κ1) is 15.1. The summed E-state index contributed by atoms with van der Waals surface area (Å²) in [6.07, 6.45) is 1.65. The van der Waals surface area contributed by atoms with Crippen LogP contribution < -0.4 is 4.72 Å². The summed E-state index contributed by atoms with van der Waals surface area (Å²) in [6, 6.07) is 9.37.